The van der Waals surface area contributed by atoms with Crippen LogP contribution in [0.3, 0.4) is 0 Å². The van der Waals surface area contributed by atoms with E-state index in [4.69, 9.17) is 10.5 Å². The predicted octanol–water partition coefficient (Wildman–Crippen LogP) is 3.10. The summed E-state index contributed by atoms with van der Waals surface area (Å²) in [5, 5.41) is 0. The Kier molecular flexibility index (Phi) is 4.81. The van der Waals surface area contributed by atoms with Crippen LogP contribution in [0.4, 0.5) is 0 Å². The Morgan fingerprint density at radius 1 is 1.31 bits per heavy atom. The van der Waals surface area contributed by atoms with Gasteiger partial charge in [0, 0.05) is 6.04 Å². The molecule has 1 aromatic rings. The highest BCUT2D eigenvalue weighted by Gasteiger charge is 2.09. The van der Waals surface area contributed by atoms with E-state index in [-0.39, 0.29) is 6.04 Å². The third-order valence-electron chi connectivity index (χ3n) is 3.03. The summed E-state index contributed by atoms with van der Waals surface area (Å²) in [6.45, 7) is 6.48. The Morgan fingerprint density at radius 3 is 2.50 bits per heavy atom. The molecule has 0 spiro atoms. The highest BCUT2D eigenvalue weighted by atomic mass is 16.5. The lowest BCUT2D eigenvalue weighted by atomic mass is 9.94. The van der Waals surface area contributed by atoms with E-state index >= 15 is 0 Å². The zero-order valence-electron chi connectivity index (χ0n) is 10.8. The van der Waals surface area contributed by atoms with Crippen molar-refractivity contribution in [3.63, 3.8) is 0 Å². The SMILES string of the molecule is CCC(C)c1ccc(OC)c(CC(C)N)c1. The molecular weight excluding hydrogens is 198 g/mol. The summed E-state index contributed by atoms with van der Waals surface area (Å²) in [6.07, 6.45) is 2.03. The summed E-state index contributed by atoms with van der Waals surface area (Å²) in [6, 6.07) is 6.61. The largest absolute Gasteiger partial charge is 0.496 e. The summed E-state index contributed by atoms with van der Waals surface area (Å²) in [5.74, 6) is 1.54. The molecule has 0 aliphatic rings. The predicted molar refractivity (Wildman–Crippen MR) is 69.1 cm³/mol. The van der Waals surface area contributed by atoms with Gasteiger partial charge in [0.1, 0.15) is 5.75 Å². The number of methoxy groups -OCH3 is 1. The van der Waals surface area contributed by atoms with Crippen LogP contribution in [0.1, 0.15) is 44.2 Å². The van der Waals surface area contributed by atoms with Crippen LogP contribution in [0, 0.1) is 0 Å². The summed E-state index contributed by atoms with van der Waals surface area (Å²) >= 11 is 0. The van der Waals surface area contributed by atoms with Crippen molar-refractivity contribution in [1.82, 2.24) is 0 Å². The zero-order chi connectivity index (χ0) is 12.1. The van der Waals surface area contributed by atoms with Crippen molar-refractivity contribution < 1.29 is 4.74 Å². The number of rotatable bonds is 5. The normalized spacial score (nSPS) is 14.6. The molecule has 90 valence electrons. The molecule has 0 saturated carbocycles. The lowest BCUT2D eigenvalue weighted by Gasteiger charge is -2.15. The van der Waals surface area contributed by atoms with Gasteiger partial charge in [-0.15, -0.1) is 0 Å². The average molecular weight is 221 g/mol. The fourth-order valence-corrected chi connectivity index (χ4v) is 1.85. The van der Waals surface area contributed by atoms with Crippen LogP contribution in [0.5, 0.6) is 5.75 Å². The molecule has 2 heteroatoms. The van der Waals surface area contributed by atoms with Crippen molar-refractivity contribution in [2.75, 3.05) is 7.11 Å². The number of hydrogen-bond donors (Lipinski definition) is 1. The van der Waals surface area contributed by atoms with Crippen LogP contribution in [0.2, 0.25) is 0 Å². The third-order valence-corrected chi connectivity index (χ3v) is 3.03. The topological polar surface area (TPSA) is 35.2 Å². The first-order valence-electron chi connectivity index (χ1n) is 6.00. The van der Waals surface area contributed by atoms with Crippen LogP contribution < -0.4 is 10.5 Å². The minimum atomic E-state index is 0.168. The molecule has 0 saturated heterocycles. The van der Waals surface area contributed by atoms with E-state index in [1.165, 1.54) is 11.1 Å². The molecule has 2 N–H and O–H groups in total. The van der Waals surface area contributed by atoms with Crippen molar-refractivity contribution in [2.45, 2.75) is 45.6 Å². The maximum absolute atomic E-state index is 5.85. The van der Waals surface area contributed by atoms with Gasteiger partial charge in [-0.25, -0.2) is 0 Å². The number of benzene rings is 1. The zero-order valence-corrected chi connectivity index (χ0v) is 10.8. The lowest BCUT2D eigenvalue weighted by Crippen LogP contribution is -2.18. The Hall–Kier alpha value is -1.02. The molecule has 2 unspecified atom stereocenters. The van der Waals surface area contributed by atoms with Gasteiger partial charge in [0.25, 0.3) is 0 Å². The van der Waals surface area contributed by atoms with E-state index in [1.807, 2.05) is 6.92 Å². The summed E-state index contributed by atoms with van der Waals surface area (Å²) in [7, 11) is 1.71. The third kappa shape index (κ3) is 3.24. The van der Waals surface area contributed by atoms with E-state index in [1.54, 1.807) is 7.11 Å². The summed E-state index contributed by atoms with van der Waals surface area (Å²) < 4.78 is 5.36. The first-order chi connectivity index (χ1) is 7.58. The molecular formula is C14H23NO. The second-order valence-corrected chi connectivity index (χ2v) is 4.56. The molecule has 2 nitrogen and oxygen atoms in total. The molecule has 1 rings (SSSR count). The molecule has 2 atom stereocenters. The van der Waals surface area contributed by atoms with Crippen LogP contribution in [-0.2, 0) is 6.42 Å². The smallest absolute Gasteiger partial charge is 0.122 e. The van der Waals surface area contributed by atoms with Crippen LogP contribution >= 0.6 is 0 Å². The van der Waals surface area contributed by atoms with E-state index in [2.05, 4.69) is 32.0 Å². The quantitative estimate of drug-likeness (QED) is 0.829. The van der Waals surface area contributed by atoms with Crippen LogP contribution in [0.25, 0.3) is 0 Å². The van der Waals surface area contributed by atoms with Crippen molar-refractivity contribution in [1.29, 1.82) is 0 Å². The second kappa shape index (κ2) is 5.90. The van der Waals surface area contributed by atoms with Gasteiger partial charge >= 0.3 is 0 Å². The second-order valence-electron chi connectivity index (χ2n) is 4.56. The van der Waals surface area contributed by atoms with Crippen molar-refractivity contribution in [2.24, 2.45) is 5.73 Å². The van der Waals surface area contributed by atoms with Gasteiger partial charge in [0.05, 0.1) is 7.11 Å². The summed E-state index contributed by atoms with van der Waals surface area (Å²) in [5.41, 5.74) is 8.44. The van der Waals surface area contributed by atoms with Gasteiger partial charge < -0.3 is 10.5 Å². The number of nitrogens with two attached hydrogens (primary N) is 1. The van der Waals surface area contributed by atoms with E-state index in [0.29, 0.717) is 5.92 Å². The maximum atomic E-state index is 5.85. The summed E-state index contributed by atoms with van der Waals surface area (Å²) in [4.78, 5) is 0. The molecule has 1 aromatic carbocycles. The minimum Gasteiger partial charge on any atom is -0.496 e. The minimum absolute atomic E-state index is 0.168. The van der Waals surface area contributed by atoms with Crippen LogP contribution in [0.15, 0.2) is 18.2 Å². The first kappa shape index (κ1) is 13.0. The molecule has 0 fully saturated rings. The molecule has 0 aliphatic carbocycles. The lowest BCUT2D eigenvalue weighted by molar-refractivity contribution is 0.408. The molecule has 0 aliphatic heterocycles. The molecule has 0 radical (unpaired) electrons. The number of ether oxygens (including phenoxy) is 1. The molecule has 0 amide bonds. The van der Waals surface area contributed by atoms with Gasteiger partial charge in [0.2, 0.25) is 0 Å². The van der Waals surface area contributed by atoms with Gasteiger partial charge in [-0.2, -0.15) is 0 Å². The fourth-order valence-electron chi connectivity index (χ4n) is 1.85. The van der Waals surface area contributed by atoms with E-state index < -0.39 is 0 Å². The Balaban J connectivity index is 3.00. The van der Waals surface area contributed by atoms with E-state index in [0.717, 1.165) is 18.6 Å². The fraction of sp³-hybridized carbons (Fsp3) is 0.571. The van der Waals surface area contributed by atoms with Crippen LogP contribution in [-0.4, -0.2) is 13.2 Å². The molecule has 0 bridgehead atoms. The maximum Gasteiger partial charge on any atom is 0.122 e. The Morgan fingerprint density at radius 2 is 2.00 bits per heavy atom. The van der Waals surface area contributed by atoms with Crippen molar-refractivity contribution in [3.8, 4) is 5.75 Å². The molecule has 0 aromatic heterocycles. The van der Waals surface area contributed by atoms with Gasteiger partial charge in [-0.05, 0) is 42.9 Å². The number of hydrogen-bond acceptors (Lipinski definition) is 2. The monoisotopic (exact) mass is 221 g/mol. The standard InChI is InChI=1S/C14H23NO/c1-5-10(2)12-6-7-14(16-4)13(9-12)8-11(3)15/h6-7,9-11H,5,8,15H2,1-4H3. The highest BCUT2D eigenvalue weighted by molar-refractivity contribution is 5.39. The van der Waals surface area contributed by atoms with Gasteiger partial charge in [-0.1, -0.05) is 26.0 Å². The van der Waals surface area contributed by atoms with Crippen molar-refractivity contribution >= 4 is 0 Å². The highest BCUT2D eigenvalue weighted by Crippen LogP contribution is 2.26. The Bertz CT molecular complexity index is 334. The van der Waals surface area contributed by atoms with E-state index in [9.17, 15) is 0 Å². The van der Waals surface area contributed by atoms with Crippen molar-refractivity contribution in [3.05, 3.63) is 29.3 Å². The average Bonchev–Trinajstić information content (AvgIpc) is 2.27. The first-order valence-corrected chi connectivity index (χ1v) is 6.00. The molecule has 16 heavy (non-hydrogen) atoms. The van der Waals surface area contributed by atoms with Gasteiger partial charge in [-0.3, -0.25) is 0 Å². The van der Waals surface area contributed by atoms with Gasteiger partial charge in [0.15, 0.2) is 0 Å². The Labute approximate surface area is 98.8 Å². The molecule has 0 heterocycles.